The molecule has 0 aliphatic heterocycles. The van der Waals surface area contributed by atoms with E-state index in [0.29, 0.717) is 0 Å². The minimum absolute atomic E-state index is 0.0199. The highest BCUT2D eigenvalue weighted by molar-refractivity contribution is 5.91. The van der Waals surface area contributed by atoms with Crippen molar-refractivity contribution >= 4 is 11.6 Å². The molecule has 2 aromatic rings. The number of benzene rings is 2. The number of nitrogens with zero attached hydrogens (tertiary/aromatic N) is 1. The van der Waals surface area contributed by atoms with Crippen LogP contribution in [0.2, 0.25) is 0 Å². The highest BCUT2D eigenvalue weighted by Gasteiger charge is 2.05. The maximum absolute atomic E-state index is 13.1. The Morgan fingerprint density at radius 1 is 1.06 bits per heavy atom. The average Bonchev–Trinajstić information content (AvgIpc) is 2.38. The van der Waals surface area contributed by atoms with Crippen molar-refractivity contribution in [3.8, 4) is 11.1 Å². The molecule has 0 saturated carbocycles. The van der Waals surface area contributed by atoms with Crippen LogP contribution in [0.25, 0.3) is 11.1 Å². The molecule has 0 aliphatic carbocycles. The van der Waals surface area contributed by atoms with Crippen LogP contribution >= 0.6 is 0 Å². The molecule has 0 aliphatic rings. The number of halogens is 1. The average molecular weight is 243 g/mol. The molecule has 3 heteroatoms. The van der Waals surface area contributed by atoms with Crippen molar-refractivity contribution in [3.63, 3.8) is 0 Å². The molecule has 0 fully saturated rings. The molecule has 2 aromatic carbocycles. The van der Waals surface area contributed by atoms with E-state index in [4.69, 9.17) is 0 Å². The molecular weight excluding hydrogens is 229 g/mol. The van der Waals surface area contributed by atoms with Gasteiger partial charge < -0.3 is 4.90 Å². The van der Waals surface area contributed by atoms with Crippen LogP contribution in [-0.4, -0.2) is 13.0 Å². The molecule has 0 heterocycles. The standard InChI is InChI=1S/C15H14FNO/c1-11(18)17(2)15-8-6-12(7-9-15)13-4-3-5-14(16)10-13/h3-10H,1-2H3. The van der Waals surface area contributed by atoms with E-state index < -0.39 is 0 Å². The maximum Gasteiger partial charge on any atom is 0.223 e. The monoisotopic (exact) mass is 243 g/mol. The highest BCUT2D eigenvalue weighted by atomic mass is 19.1. The minimum atomic E-state index is -0.252. The number of hydrogen-bond donors (Lipinski definition) is 0. The second-order valence-corrected chi connectivity index (χ2v) is 4.14. The van der Waals surface area contributed by atoms with Gasteiger partial charge >= 0.3 is 0 Å². The van der Waals surface area contributed by atoms with E-state index in [9.17, 15) is 9.18 Å². The van der Waals surface area contributed by atoms with Crippen LogP contribution in [0.4, 0.5) is 10.1 Å². The summed E-state index contributed by atoms with van der Waals surface area (Å²) in [5.41, 5.74) is 2.57. The molecule has 0 bridgehead atoms. The van der Waals surface area contributed by atoms with E-state index in [0.717, 1.165) is 16.8 Å². The fraction of sp³-hybridized carbons (Fsp3) is 0.133. The summed E-state index contributed by atoms with van der Waals surface area (Å²) in [6.45, 7) is 1.51. The van der Waals surface area contributed by atoms with Gasteiger partial charge in [-0.15, -0.1) is 0 Å². The third-order valence-electron chi connectivity index (χ3n) is 2.88. The highest BCUT2D eigenvalue weighted by Crippen LogP contribution is 2.23. The van der Waals surface area contributed by atoms with E-state index >= 15 is 0 Å². The normalized spacial score (nSPS) is 10.2. The SMILES string of the molecule is CC(=O)N(C)c1ccc(-c2cccc(F)c2)cc1. The number of anilines is 1. The Morgan fingerprint density at radius 3 is 2.28 bits per heavy atom. The smallest absolute Gasteiger partial charge is 0.223 e. The predicted molar refractivity (Wildman–Crippen MR) is 70.9 cm³/mol. The van der Waals surface area contributed by atoms with Crippen LogP contribution in [0, 0.1) is 5.82 Å². The Morgan fingerprint density at radius 2 is 1.72 bits per heavy atom. The Labute approximate surface area is 106 Å². The molecule has 0 aromatic heterocycles. The zero-order valence-electron chi connectivity index (χ0n) is 10.4. The molecule has 92 valence electrons. The lowest BCUT2D eigenvalue weighted by atomic mass is 10.1. The summed E-state index contributed by atoms with van der Waals surface area (Å²) in [5, 5.41) is 0. The Bertz CT molecular complexity index is 563. The van der Waals surface area contributed by atoms with Crippen molar-refractivity contribution in [3.05, 3.63) is 54.3 Å². The first kappa shape index (κ1) is 12.3. The summed E-state index contributed by atoms with van der Waals surface area (Å²) in [6, 6.07) is 13.9. The zero-order chi connectivity index (χ0) is 13.1. The van der Waals surface area contributed by atoms with Gasteiger partial charge in [0.1, 0.15) is 5.82 Å². The van der Waals surface area contributed by atoms with Crippen LogP contribution in [0.1, 0.15) is 6.92 Å². The van der Waals surface area contributed by atoms with Crippen molar-refractivity contribution < 1.29 is 9.18 Å². The van der Waals surface area contributed by atoms with Gasteiger partial charge in [0.15, 0.2) is 0 Å². The van der Waals surface area contributed by atoms with E-state index in [2.05, 4.69) is 0 Å². The number of carbonyl (C=O) groups is 1. The van der Waals surface area contributed by atoms with Crippen LogP contribution in [0.5, 0.6) is 0 Å². The van der Waals surface area contributed by atoms with Gasteiger partial charge in [0.05, 0.1) is 0 Å². The fourth-order valence-corrected chi connectivity index (χ4v) is 1.73. The first-order valence-corrected chi connectivity index (χ1v) is 5.68. The molecular formula is C15H14FNO. The van der Waals surface area contributed by atoms with Crippen molar-refractivity contribution in [2.24, 2.45) is 0 Å². The molecule has 0 saturated heterocycles. The second kappa shape index (κ2) is 5.00. The van der Waals surface area contributed by atoms with Crippen molar-refractivity contribution in [1.29, 1.82) is 0 Å². The summed E-state index contributed by atoms with van der Waals surface area (Å²) in [4.78, 5) is 12.8. The summed E-state index contributed by atoms with van der Waals surface area (Å²) in [6.07, 6.45) is 0. The molecule has 0 atom stereocenters. The number of hydrogen-bond acceptors (Lipinski definition) is 1. The van der Waals surface area contributed by atoms with Gasteiger partial charge in [0.2, 0.25) is 5.91 Å². The summed E-state index contributed by atoms with van der Waals surface area (Å²) >= 11 is 0. The number of carbonyl (C=O) groups excluding carboxylic acids is 1. The van der Waals surface area contributed by atoms with Gasteiger partial charge in [-0.2, -0.15) is 0 Å². The lowest BCUT2D eigenvalue weighted by Gasteiger charge is -2.15. The first-order valence-electron chi connectivity index (χ1n) is 5.68. The fourth-order valence-electron chi connectivity index (χ4n) is 1.73. The molecule has 1 amide bonds. The van der Waals surface area contributed by atoms with Gasteiger partial charge in [-0.05, 0) is 35.4 Å². The molecule has 0 spiro atoms. The van der Waals surface area contributed by atoms with Crippen LogP contribution in [0.3, 0.4) is 0 Å². The maximum atomic E-state index is 13.1. The quantitative estimate of drug-likeness (QED) is 0.790. The lowest BCUT2D eigenvalue weighted by Crippen LogP contribution is -2.22. The van der Waals surface area contributed by atoms with Crippen molar-refractivity contribution in [2.45, 2.75) is 6.92 Å². The number of amides is 1. The molecule has 0 N–H and O–H groups in total. The van der Waals surface area contributed by atoms with Crippen LogP contribution in [0.15, 0.2) is 48.5 Å². The van der Waals surface area contributed by atoms with Gasteiger partial charge in [0.25, 0.3) is 0 Å². The van der Waals surface area contributed by atoms with E-state index in [1.54, 1.807) is 18.0 Å². The third kappa shape index (κ3) is 2.56. The second-order valence-electron chi connectivity index (χ2n) is 4.14. The Balaban J connectivity index is 2.30. The van der Waals surface area contributed by atoms with Crippen LogP contribution < -0.4 is 4.90 Å². The summed E-state index contributed by atoms with van der Waals surface area (Å²) < 4.78 is 13.1. The zero-order valence-corrected chi connectivity index (χ0v) is 10.4. The summed E-state index contributed by atoms with van der Waals surface area (Å²) in [5.74, 6) is -0.272. The lowest BCUT2D eigenvalue weighted by molar-refractivity contribution is -0.116. The van der Waals surface area contributed by atoms with Crippen molar-refractivity contribution in [2.75, 3.05) is 11.9 Å². The first-order chi connectivity index (χ1) is 8.58. The summed E-state index contributed by atoms with van der Waals surface area (Å²) in [7, 11) is 1.72. The molecule has 0 unspecified atom stereocenters. The predicted octanol–water partition coefficient (Wildman–Crippen LogP) is 3.48. The largest absolute Gasteiger partial charge is 0.316 e. The number of rotatable bonds is 2. The van der Waals surface area contributed by atoms with Crippen LogP contribution in [-0.2, 0) is 4.79 Å². The molecule has 0 radical (unpaired) electrons. The molecule has 2 rings (SSSR count). The van der Waals surface area contributed by atoms with Gasteiger partial charge in [-0.3, -0.25) is 4.79 Å². The van der Waals surface area contributed by atoms with Gasteiger partial charge in [0, 0.05) is 19.7 Å². The van der Waals surface area contributed by atoms with Gasteiger partial charge in [-0.1, -0.05) is 24.3 Å². The van der Waals surface area contributed by atoms with Crippen molar-refractivity contribution in [1.82, 2.24) is 0 Å². The van der Waals surface area contributed by atoms with Gasteiger partial charge in [-0.25, -0.2) is 4.39 Å². The minimum Gasteiger partial charge on any atom is -0.316 e. The van der Waals surface area contributed by atoms with E-state index in [1.165, 1.54) is 19.1 Å². The molecule has 18 heavy (non-hydrogen) atoms. The van der Waals surface area contributed by atoms with E-state index in [1.807, 2.05) is 30.3 Å². The third-order valence-corrected chi connectivity index (χ3v) is 2.88. The Hall–Kier alpha value is -2.16. The van der Waals surface area contributed by atoms with E-state index in [-0.39, 0.29) is 11.7 Å². The molecule has 2 nitrogen and oxygen atoms in total. The Kier molecular flexibility index (Phi) is 3.42. The topological polar surface area (TPSA) is 20.3 Å².